The first kappa shape index (κ1) is 13.6. The molecule has 1 unspecified atom stereocenters. The molecule has 1 aromatic heterocycles. The van der Waals surface area contributed by atoms with Gasteiger partial charge in [0.1, 0.15) is 11.5 Å². The maximum absolute atomic E-state index is 6.07. The molecule has 0 fully saturated rings. The number of hydrogen-bond acceptors (Lipinski definition) is 3. The summed E-state index contributed by atoms with van der Waals surface area (Å²) in [5.74, 6) is 1.58. The second-order valence-electron chi connectivity index (χ2n) is 5.05. The molecule has 0 amide bonds. The van der Waals surface area contributed by atoms with Gasteiger partial charge in [0.25, 0.3) is 0 Å². The second-order valence-corrected chi connectivity index (χ2v) is 5.05. The van der Waals surface area contributed by atoms with E-state index in [1.54, 1.807) is 6.20 Å². The minimum Gasteiger partial charge on any atom is -0.457 e. The van der Waals surface area contributed by atoms with E-state index >= 15 is 0 Å². The Hall–Kier alpha value is -2.39. The van der Waals surface area contributed by atoms with Gasteiger partial charge in [-0.2, -0.15) is 0 Å². The molecule has 106 valence electrons. The Balaban J connectivity index is 1.87. The molecule has 2 N–H and O–H groups in total. The van der Waals surface area contributed by atoms with E-state index in [2.05, 4.69) is 11.9 Å². The lowest BCUT2D eigenvalue weighted by Crippen LogP contribution is -2.08. The van der Waals surface area contributed by atoms with Gasteiger partial charge >= 0.3 is 0 Å². The molecule has 3 aromatic rings. The Kier molecular flexibility index (Phi) is 3.84. The van der Waals surface area contributed by atoms with Crippen LogP contribution in [0.2, 0.25) is 0 Å². The van der Waals surface area contributed by atoms with Gasteiger partial charge in [0.05, 0.1) is 5.52 Å². The standard InChI is InChI=1S/C18H18N2O/c1-2-17(19)14-5-3-7-15(11-14)21-16-9-8-13-6-4-10-20-18(13)12-16/h3-12,17H,2,19H2,1H3. The van der Waals surface area contributed by atoms with Gasteiger partial charge in [-0.15, -0.1) is 0 Å². The smallest absolute Gasteiger partial charge is 0.129 e. The van der Waals surface area contributed by atoms with E-state index in [0.29, 0.717) is 0 Å². The van der Waals surface area contributed by atoms with Crippen molar-refractivity contribution in [2.75, 3.05) is 0 Å². The summed E-state index contributed by atoms with van der Waals surface area (Å²) in [6, 6.07) is 17.9. The van der Waals surface area contributed by atoms with Gasteiger partial charge in [0.2, 0.25) is 0 Å². The maximum atomic E-state index is 6.07. The molecule has 0 saturated carbocycles. The van der Waals surface area contributed by atoms with Crippen molar-refractivity contribution in [1.29, 1.82) is 0 Å². The topological polar surface area (TPSA) is 48.1 Å². The molecular weight excluding hydrogens is 260 g/mol. The fourth-order valence-electron chi connectivity index (χ4n) is 2.29. The number of fused-ring (bicyclic) bond motifs is 1. The molecule has 2 aromatic carbocycles. The van der Waals surface area contributed by atoms with Crippen LogP contribution in [0.25, 0.3) is 10.9 Å². The van der Waals surface area contributed by atoms with Gasteiger partial charge in [0.15, 0.2) is 0 Å². The van der Waals surface area contributed by atoms with Gasteiger partial charge in [-0.3, -0.25) is 4.98 Å². The number of benzene rings is 2. The lowest BCUT2D eigenvalue weighted by atomic mass is 10.1. The Labute approximate surface area is 124 Å². The lowest BCUT2D eigenvalue weighted by Gasteiger charge is -2.12. The van der Waals surface area contributed by atoms with Crippen LogP contribution in [0.15, 0.2) is 60.8 Å². The second kappa shape index (κ2) is 5.94. The van der Waals surface area contributed by atoms with Crippen LogP contribution in [0.4, 0.5) is 0 Å². The molecule has 3 rings (SSSR count). The Morgan fingerprint density at radius 2 is 1.90 bits per heavy atom. The summed E-state index contributed by atoms with van der Waals surface area (Å²) in [6.45, 7) is 2.08. The van der Waals surface area contributed by atoms with Gasteiger partial charge in [-0.1, -0.05) is 25.1 Å². The zero-order valence-electron chi connectivity index (χ0n) is 12.0. The quantitative estimate of drug-likeness (QED) is 0.767. The number of rotatable bonds is 4. The summed E-state index contributed by atoms with van der Waals surface area (Å²) in [5.41, 5.74) is 8.08. The fourth-order valence-corrected chi connectivity index (χ4v) is 2.29. The summed E-state index contributed by atoms with van der Waals surface area (Å²) in [5, 5.41) is 1.10. The van der Waals surface area contributed by atoms with Gasteiger partial charge in [-0.25, -0.2) is 0 Å². The van der Waals surface area contributed by atoms with Crippen molar-refractivity contribution in [3.63, 3.8) is 0 Å². The highest BCUT2D eigenvalue weighted by Gasteiger charge is 2.05. The van der Waals surface area contributed by atoms with Crippen LogP contribution in [0.5, 0.6) is 11.5 Å². The van der Waals surface area contributed by atoms with Crippen molar-refractivity contribution in [2.45, 2.75) is 19.4 Å². The van der Waals surface area contributed by atoms with Crippen molar-refractivity contribution in [3.05, 3.63) is 66.4 Å². The van der Waals surface area contributed by atoms with Crippen LogP contribution in [-0.2, 0) is 0 Å². The molecular formula is C18H18N2O. The van der Waals surface area contributed by atoms with E-state index in [1.807, 2.05) is 54.6 Å². The predicted molar refractivity (Wildman–Crippen MR) is 85.5 cm³/mol. The van der Waals surface area contributed by atoms with E-state index in [9.17, 15) is 0 Å². The largest absolute Gasteiger partial charge is 0.457 e. The average Bonchev–Trinajstić information content (AvgIpc) is 2.54. The number of pyridine rings is 1. The first-order chi connectivity index (χ1) is 10.3. The minimum atomic E-state index is 0.0480. The average molecular weight is 278 g/mol. The monoisotopic (exact) mass is 278 g/mol. The molecule has 0 aliphatic rings. The fraction of sp³-hybridized carbons (Fsp3) is 0.167. The summed E-state index contributed by atoms with van der Waals surface area (Å²) in [7, 11) is 0. The third-order valence-corrected chi connectivity index (χ3v) is 3.54. The number of ether oxygens (including phenoxy) is 1. The molecule has 0 radical (unpaired) electrons. The van der Waals surface area contributed by atoms with Crippen LogP contribution in [-0.4, -0.2) is 4.98 Å². The molecule has 3 nitrogen and oxygen atoms in total. The molecule has 0 aliphatic heterocycles. The van der Waals surface area contributed by atoms with Gasteiger partial charge < -0.3 is 10.5 Å². The SMILES string of the molecule is CCC(N)c1cccc(Oc2ccc3cccnc3c2)c1. The zero-order chi connectivity index (χ0) is 14.7. The van der Waals surface area contributed by atoms with E-state index in [4.69, 9.17) is 10.5 Å². The molecule has 0 saturated heterocycles. The van der Waals surface area contributed by atoms with E-state index in [0.717, 1.165) is 34.4 Å². The Morgan fingerprint density at radius 3 is 2.76 bits per heavy atom. The molecule has 1 heterocycles. The summed E-state index contributed by atoms with van der Waals surface area (Å²) >= 11 is 0. The van der Waals surface area contributed by atoms with Crippen molar-refractivity contribution in [1.82, 2.24) is 4.98 Å². The summed E-state index contributed by atoms with van der Waals surface area (Å²) in [6.07, 6.45) is 2.69. The van der Waals surface area contributed by atoms with E-state index < -0.39 is 0 Å². The van der Waals surface area contributed by atoms with Crippen molar-refractivity contribution < 1.29 is 4.74 Å². The van der Waals surface area contributed by atoms with Gasteiger partial charge in [-0.05, 0) is 42.3 Å². The molecule has 0 spiro atoms. The van der Waals surface area contributed by atoms with Crippen LogP contribution in [0, 0.1) is 0 Å². The molecule has 0 bridgehead atoms. The highest BCUT2D eigenvalue weighted by Crippen LogP contribution is 2.26. The molecule has 3 heteroatoms. The number of aromatic nitrogens is 1. The number of hydrogen-bond donors (Lipinski definition) is 1. The van der Waals surface area contributed by atoms with Crippen molar-refractivity contribution >= 4 is 10.9 Å². The molecule has 21 heavy (non-hydrogen) atoms. The zero-order valence-corrected chi connectivity index (χ0v) is 12.0. The van der Waals surface area contributed by atoms with E-state index in [1.165, 1.54) is 0 Å². The van der Waals surface area contributed by atoms with Crippen molar-refractivity contribution in [2.24, 2.45) is 5.73 Å². The highest BCUT2D eigenvalue weighted by atomic mass is 16.5. The maximum Gasteiger partial charge on any atom is 0.129 e. The van der Waals surface area contributed by atoms with Gasteiger partial charge in [0, 0.05) is 23.7 Å². The molecule has 1 atom stereocenters. The van der Waals surface area contributed by atoms with E-state index in [-0.39, 0.29) is 6.04 Å². The Bertz CT molecular complexity index is 755. The predicted octanol–water partition coefficient (Wildman–Crippen LogP) is 4.44. The van der Waals surface area contributed by atoms with Crippen molar-refractivity contribution in [3.8, 4) is 11.5 Å². The summed E-state index contributed by atoms with van der Waals surface area (Å²) in [4.78, 5) is 4.34. The van der Waals surface area contributed by atoms with Crippen LogP contribution in [0.1, 0.15) is 24.9 Å². The Morgan fingerprint density at radius 1 is 1.05 bits per heavy atom. The first-order valence-corrected chi connectivity index (χ1v) is 7.14. The minimum absolute atomic E-state index is 0.0480. The normalized spacial score (nSPS) is 12.3. The highest BCUT2D eigenvalue weighted by molar-refractivity contribution is 5.79. The van der Waals surface area contributed by atoms with Crippen LogP contribution < -0.4 is 10.5 Å². The number of nitrogens with two attached hydrogens (primary N) is 1. The van der Waals surface area contributed by atoms with Crippen LogP contribution in [0.3, 0.4) is 0 Å². The lowest BCUT2D eigenvalue weighted by molar-refractivity contribution is 0.481. The number of nitrogens with zero attached hydrogens (tertiary/aromatic N) is 1. The third-order valence-electron chi connectivity index (χ3n) is 3.54. The summed E-state index contributed by atoms with van der Waals surface area (Å²) < 4.78 is 5.93. The molecule has 0 aliphatic carbocycles. The van der Waals surface area contributed by atoms with Crippen LogP contribution >= 0.6 is 0 Å². The first-order valence-electron chi connectivity index (χ1n) is 7.14. The third kappa shape index (κ3) is 3.03.